The van der Waals surface area contributed by atoms with Crippen molar-refractivity contribution in [1.82, 2.24) is 4.90 Å². The van der Waals surface area contributed by atoms with Gasteiger partial charge in [0.2, 0.25) is 0 Å². The minimum atomic E-state index is -0.308. The van der Waals surface area contributed by atoms with Crippen molar-refractivity contribution in [2.24, 2.45) is 0 Å². The van der Waals surface area contributed by atoms with Crippen LogP contribution in [0.3, 0.4) is 0 Å². The molecule has 1 aliphatic heterocycles. The Bertz CT molecular complexity index is 1400. The van der Waals surface area contributed by atoms with E-state index in [-0.39, 0.29) is 18.0 Å². The molecular weight excluding hydrogens is 546 g/mol. The van der Waals surface area contributed by atoms with Crippen molar-refractivity contribution in [3.8, 4) is 17.2 Å². The predicted octanol–water partition coefficient (Wildman–Crippen LogP) is 6.09. The van der Waals surface area contributed by atoms with Crippen LogP contribution in [0, 0.1) is 0 Å². The number of ether oxygens (including phenoxy) is 5. The topological polar surface area (TPSA) is 83.5 Å². The van der Waals surface area contributed by atoms with Crippen LogP contribution < -0.4 is 14.2 Å². The first-order valence-corrected chi connectivity index (χ1v) is 15.2. The Morgan fingerprint density at radius 1 is 0.907 bits per heavy atom. The fraction of sp³-hybridized carbons (Fsp3) is 0.429. The molecule has 0 fully saturated rings. The zero-order valence-electron chi connectivity index (χ0n) is 25.1. The van der Waals surface area contributed by atoms with Gasteiger partial charge < -0.3 is 23.7 Å². The van der Waals surface area contributed by atoms with Gasteiger partial charge in [-0.15, -0.1) is 0 Å². The second-order valence-electron chi connectivity index (χ2n) is 11.0. The van der Waals surface area contributed by atoms with Gasteiger partial charge in [0.25, 0.3) is 0 Å². The fourth-order valence-corrected chi connectivity index (χ4v) is 5.98. The lowest BCUT2D eigenvalue weighted by atomic mass is 9.85. The molecule has 1 heterocycles. The van der Waals surface area contributed by atoms with Gasteiger partial charge in [0.15, 0.2) is 11.5 Å². The molecule has 5 rings (SSSR count). The van der Waals surface area contributed by atoms with Crippen LogP contribution in [0.2, 0.25) is 0 Å². The van der Waals surface area contributed by atoms with E-state index in [0.29, 0.717) is 31.8 Å². The molecular formula is C35H41NO7. The zero-order valence-corrected chi connectivity index (χ0v) is 25.1. The Morgan fingerprint density at radius 2 is 1.74 bits per heavy atom. The second kappa shape index (κ2) is 14.9. The number of benzene rings is 3. The number of carbonyl (C=O) groups excluding carboxylic acids is 2. The number of unbranched alkanes of at least 4 members (excludes halogenated alkanes) is 1. The maximum absolute atomic E-state index is 12.2. The van der Waals surface area contributed by atoms with E-state index in [2.05, 4.69) is 23.1 Å². The van der Waals surface area contributed by atoms with Crippen LogP contribution in [0.25, 0.3) is 0 Å². The van der Waals surface area contributed by atoms with E-state index >= 15 is 0 Å². The number of hydrogen-bond acceptors (Lipinski definition) is 8. The molecule has 228 valence electrons. The summed E-state index contributed by atoms with van der Waals surface area (Å²) in [6.45, 7) is 3.26. The molecule has 2 aliphatic rings. The van der Waals surface area contributed by atoms with Crippen LogP contribution in [0.15, 0.2) is 60.7 Å². The molecule has 0 bridgehead atoms. The van der Waals surface area contributed by atoms with Crippen molar-refractivity contribution in [3.05, 3.63) is 88.5 Å². The van der Waals surface area contributed by atoms with Crippen LogP contribution >= 0.6 is 0 Å². The van der Waals surface area contributed by atoms with Gasteiger partial charge >= 0.3 is 11.9 Å². The molecule has 3 aromatic carbocycles. The average molecular weight is 588 g/mol. The highest BCUT2D eigenvalue weighted by atomic mass is 16.6. The number of aryl methyl sites for hydroxylation is 1. The lowest BCUT2D eigenvalue weighted by Gasteiger charge is -2.36. The predicted molar refractivity (Wildman–Crippen MR) is 163 cm³/mol. The first-order chi connectivity index (χ1) is 21.1. The van der Waals surface area contributed by atoms with Crippen molar-refractivity contribution < 1.29 is 33.3 Å². The van der Waals surface area contributed by atoms with Gasteiger partial charge in [-0.3, -0.25) is 9.69 Å². The number of fused-ring (bicyclic) bond motifs is 2. The van der Waals surface area contributed by atoms with E-state index in [0.717, 1.165) is 80.0 Å². The molecule has 0 spiro atoms. The number of methoxy groups -OCH3 is 2. The van der Waals surface area contributed by atoms with E-state index in [1.807, 2.05) is 42.5 Å². The minimum Gasteiger partial charge on any atom is -0.489 e. The van der Waals surface area contributed by atoms with Gasteiger partial charge in [0.1, 0.15) is 25.6 Å². The highest BCUT2D eigenvalue weighted by molar-refractivity contribution is 5.89. The minimum absolute atomic E-state index is 0.172. The summed E-state index contributed by atoms with van der Waals surface area (Å²) < 4.78 is 27.5. The van der Waals surface area contributed by atoms with Gasteiger partial charge in [-0.2, -0.15) is 0 Å². The van der Waals surface area contributed by atoms with E-state index in [1.54, 1.807) is 0 Å². The molecule has 0 saturated heterocycles. The number of hydrogen-bond donors (Lipinski definition) is 0. The smallest absolute Gasteiger partial charge is 0.337 e. The maximum Gasteiger partial charge on any atom is 0.337 e. The highest BCUT2D eigenvalue weighted by Gasteiger charge is 2.27. The largest absolute Gasteiger partial charge is 0.489 e. The fourth-order valence-electron chi connectivity index (χ4n) is 5.98. The molecule has 43 heavy (non-hydrogen) atoms. The normalized spacial score (nSPS) is 15.5. The molecule has 1 unspecified atom stereocenters. The molecule has 0 N–H and O–H groups in total. The van der Waals surface area contributed by atoms with Gasteiger partial charge in [-0.05, 0) is 97.7 Å². The third kappa shape index (κ3) is 7.87. The van der Waals surface area contributed by atoms with Crippen molar-refractivity contribution >= 4 is 11.9 Å². The SMILES string of the molecule is COC(=O)CCCCN(CCc1ccccc1OCc1ccc2c(c1)OCCO2)C1CCCc2cc(C(=O)OC)ccc21. The monoisotopic (exact) mass is 587 g/mol. The Morgan fingerprint density at radius 3 is 2.58 bits per heavy atom. The van der Waals surface area contributed by atoms with Crippen LogP contribution in [0.5, 0.6) is 17.2 Å². The summed E-state index contributed by atoms with van der Waals surface area (Å²) in [6.07, 6.45) is 5.96. The standard InChI is InChI=1S/C35H41NO7/c1-39-34(37)12-5-6-18-36(30-10-7-9-27-23-28(35(38)40-2)14-15-29(27)30)19-17-26-8-3-4-11-31(26)43-24-25-13-16-32-33(22-25)42-21-20-41-32/h3-4,8,11,13-16,22-23,30H,5-7,9-10,12,17-21,24H2,1-2H3. The van der Waals surface area contributed by atoms with Crippen molar-refractivity contribution in [2.75, 3.05) is 40.5 Å². The number of rotatable bonds is 13. The number of carbonyl (C=O) groups is 2. The second-order valence-corrected chi connectivity index (χ2v) is 11.0. The number of esters is 2. The third-order valence-corrected chi connectivity index (χ3v) is 8.23. The number of para-hydroxylation sites is 1. The lowest BCUT2D eigenvalue weighted by Crippen LogP contribution is -2.34. The zero-order chi connectivity index (χ0) is 30.0. The Hall–Kier alpha value is -4.04. The molecule has 8 nitrogen and oxygen atoms in total. The molecule has 0 saturated carbocycles. The average Bonchev–Trinajstić information content (AvgIpc) is 3.06. The Labute approximate surface area is 253 Å². The van der Waals surface area contributed by atoms with Crippen molar-refractivity contribution in [1.29, 1.82) is 0 Å². The quantitative estimate of drug-likeness (QED) is 0.176. The van der Waals surface area contributed by atoms with E-state index < -0.39 is 0 Å². The first kappa shape index (κ1) is 30.4. The van der Waals surface area contributed by atoms with Crippen LogP contribution in [-0.2, 0) is 33.7 Å². The maximum atomic E-state index is 12.2. The molecule has 3 aromatic rings. The van der Waals surface area contributed by atoms with Gasteiger partial charge in [-0.25, -0.2) is 4.79 Å². The summed E-state index contributed by atoms with van der Waals surface area (Å²) in [6, 6.07) is 20.3. The molecule has 0 amide bonds. The van der Waals surface area contributed by atoms with Gasteiger partial charge in [0.05, 0.1) is 19.8 Å². The summed E-state index contributed by atoms with van der Waals surface area (Å²) >= 11 is 0. The van der Waals surface area contributed by atoms with E-state index in [9.17, 15) is 9.59 Å². The van der Waals surface area contributed by atoms with E-state index in [4.69, 9.17) is 23.7 Å². The lowest BCUT2D eigenvalue weighted by molar-refractivity contribution is -0.140. The van der Waals surface area contributed by atoms with Crippen molar-refractivity contribution in [2.45, 2.75) is 57.6 Å². The van der Waals surface area contributed by atoms with Crippen LogP contribution in [0.4, 0.5) is 0 Å². The Balaban J connectivity index is 1.29. The van der Waals surface area contributed by atoms with Gasteiger partial charge in [0, 0.05) is 19.0 Å². The third-order valence-electron chi connectivity index (χ3n) is 8.23. The van der Waals surface area contributed by atoms with Crippen LogP contribution in [-0.4, -0.2) is 57.4 Å². The first-order valence-electron chi connectivity index (χ1n) is 15.2. The summed E-state index contributed by atoms with van der Waals surface area (Å²) in [4.78, 5) is 26.4. The van der Waals surface area contributed by atoms with E-state index in [1.165, 1.54) is 25.3 Å². The summed E-state index contributed by atoms with van der Waals surface area (Å²) in [5.41, 5.74) is 5.25. The number of nitrogens with zero attached hydrogens (tertiary/aromatic N) is 1. The molecule has 8 heteroatoms. The summed E-state index contributed by atoms with van der Waals surface area (Å²) in [7, 11) is 2.85. The molecule has 0 aromatic heterocycles. The Kier molecular flexibility index (Phi) is 10.6. The highest BCUT2D eigenvalue weighted by Crippen LogP contribution is 2.36. The summed E-state index contributed by atoms with van der Waals surface area (Å²) in [5.74, 6) is 1.92. The van der Waals surface area contributed by atoms with Crippen molar-refractivity contribution in [3.63, 3.8) is 0 Å². The molecule has 0 radical (unpaired) electrons. The van der Waals surface area contributed by atoms with Crippen LogP contribution in [0.1, 0.15) is 70.8 Å². The summed E-state index contributed by atoms with van der Waals surface area (Å²) in [5, 5.41) is 0. The molecule has 1 aliphatic carbocycles. The molecule has 1 atom stereocenters. The van der Waals surface area contributed by atoms with Gasteiger partial charge in [-0.1, -0.05) is 30.3 Å².